The molecule has 134 valence electrons. The van der Waals surface area contributed by atoms with Crippen LogP contribution in [0, 0.1) is 0 Å². The van der Waals surface area contributed by atoms with E-state index in [9.17, 15) is 4.79 Å². The number of halogens is 1. The van der Waals surface area contributed by atoms with Gasteiger partial charge in [-0.15, -0.1) is 10.2 Å². The van der Waals surface area contributed by atoms with Gasteiger partial charge in [-0.3, -0.25) is 5.43 Å². The minimum atomic E-state index is -0.396. The number of fused-ring (bicyclic) bond motifs is 2. The molecule has 0 aliphatic heterocycles. The highest BCUT2D eigenvalue weighted by atomic mass is 35.5. The zero-order chi connectivity index (χ0) is 18.8. The Kier molecular flexibility index (Phi) is 4.43. The number of aromatic nitrogens is 3. The third-order valence-electron chi connectivity index (χ3n) is 4.17. The highest BCUT2D eigenvalue weighted by Gasteiger charge is 2.13. The summed E-state index contributed by atoms with van der Waals surface area (Å²) in [5.74, 6) is 0.105. The zero-order valence-electron chi connectivity index (χ0n) is 14.2. The average molecular weight is 380 g/mol. The molecule has 0 fully saturated rings. The number of esters is 1. The maximum absolute atomic E-state index is 11.9. The molecule has 0 saturated carbocycles. The minimum absolute atomic E-state index is 0.340. The number of hydrogen-bond donors (Lipinski definition) is 2. The quantitative estimate of drug-likeness (QED) is 0.317. The Morgan fingerprint density at radius 1 is 1.15 bits per heavy atom. The number of aromatic amines is 1. The van der Waals surface area contributed by atoms with E-state index >= 15 is 0 Å². The number of methoxy groups -OCH3 is 1. The number of H-pyrrole nitrogens is 1. The van der Waals surface area contributed by atoms with Crippen molar-refractivity contribution in [3.63, 3.8) is 0 Å². The van der Waals surface area contributed by atoms with Gasteiger partial charge in [0.2, 0.25) is 0 Å². The predicted molar refractivity (Wildman–Crippen MR) is 105 cm³/mol. The van der Waals surface area contributed by atoms with Crippen molar-refractivity contribution < 1.29 is 9.53 Å². The number of carbonyl (C=O) groups excluding carboxylic acids is 1. The van der Waals surface area contributed by atoms with E-state index in [0.717, 1.165) is 21.7 Å². The number of nitrogens with one attached hydrogen (secondary N) is 2. The lowest BCUT2D eigenvalue weighted by atomic mass is 10.1. The molecule has 2 aromatic carbocycles. The van der Waals surface area contributed by atoms with Gasteiger partial charge in [0.25, 0.3) is 0 Å². The van der Waals surface area contributed by atoms with Crippen molar-refractivity contribution in [2.24, 2.45) is 5.10 Å². The Morgan fingerprint density at radius 2 is 1.93 bits per heavy atom. The molecule has 7 nitrogen and oxygen atoms in total. The van der Waals surface area contributed by atoms with Gasteiger partial charge in [-0.2, -0.15) is 5.10 Å². The molecular formula is C19H14ClN5O2. The molecule has 0 amide bonds. The van der Waals surface area contributed by atoms with E-state index in [1.807, 2.05) is 30.3 Å². The van der Waals surface area contributed by atoms with E-state index in [1.165, 1.54) is 7.11 Å². The first-order valence-corrected chi connectivity index (χ1v) is 8.45. The van der Waals surface area contributed by atoms with Crippen LogP contribution in [-0.4, -0.2) is 34.5 Å². The van der Waals surface area contributed by atoms with Crippen molar-refractivity contribution in [3.05, 3.63) is 64.9 Å². The first-order chi connectivity index (χ1) is 13.2. The maximum Gasteiger partial charge on any atom is 0.339 e. The van der Waals surface area contributed by atoms with Gasteiger partial charge in [-0.1, -0.05) is 48.0 Å². The fourth-order valence-corrected chi connectivity index (χ4v) is 3.08. The highest BCUT2D eigenvalue weighted by Crippen LogP contribution is 2.26. The number of carbonyl (C=O) groups is 1. The van der Waals surface area contributed by atoms with Gasteiger partial charge in [-0.05, 0) is 6.07 Å². The molecule has 0 spiro atoms. The smallest absolute Gasteiger partial charge is 0.339 e. The lowest BCUT2D eigenvalue weighted by Gasteiger charge is -2.04. The third kappa shape index (κ3) is 3.09. The fourth-order valence-electron chi connectivity index (χ4n) is 2.88. The lowest BCUT2D eigenvalue weighted by molar-refractivity contribution is 0.0603. The van der Waals surface area contributed by atoms with Crippen LogP contribution in [0.1, 0.15) is 15.9 Å². The standard InChI is InChI=1S/C19H14ClN5O2/c1-27-19(26)15-8-4-7-12-11(9-21-16(12)15)10-22-24-18-14-6-3-2-5-13(14)17(20)23-25-18/h2-10,21H,1H3,(H,24,25)/b22-10-. The summed E-state index contributed by atoms with van der Waals surface area (Å²) >= 11 is 6.08. The van der Waals surface area contributed by atoms with Crippen LogP contribution in [0.25, 0.3) is 21.7 Å². The molecule has 27 heavy (non-hydrogen) atoms. The SMILES string of the molecule is COC(=O)c1cccc2c(/C=N\Nc3nnc(Cl)c4ccccc34)c[nH]c12. The van der Waals surface area contributed by atoms with Crippen LogP contribution in [0.2, 0.25) is 5.15 Å². The number of hydrazone groups is 1. The third-order valence-corrected chi connectivity index (χ3v) is 4.45. The summed E-state index contributed by atoms with van der Waals surface area (Å²) in [6.45, 7) is 0. The van der Waals surface area contributed by atoms with Gasteiger partial charge in [0.1, 0.15) is 0 Å². The Balaban J connectivity index is 1.65. The van der Waals surface area contributed by atoms with Crippen molar-refractivity contribution in [3.8, 4) is 0 Å². The first-order valence-electron chi connectivity index (χ1n) is 8.07. The highest BCUT2D eigenvalue weighted by molar-refractivity contribution is 6.34. The molecule has 0 atom stereocenters. The Labute approximate surface area is 159 Å². The number of rotatable bonds is 4. The van der Waals surface area contributed by atoms with Crippen molar-refractivity contribution in [1.82, 2.24) is 15.2 Å². The summed E-state index contributed by atoms with van der Waals surface area (Å²) in [6.07, 6.45) is 3.42. The summed E-state index contributed by atoms with van der Waals surface area (Å²) in [6, 6.07) is 12.9. The van der Waals surface area contributed by atoms with Gasteiger partial charge in [-0.25, -0.2) is 4.79 Å². The molecular weight excluding hydrogens is 366 g/mol. The normalized spacial score (nSPS) is 11.3. The average Bonchev–Trinajstić information content (AvgIpc) is 3.12. The molecule has 2 heterocycles. The second-order valence-corrected chi connectivity index (χ2v) is 6.08. The van der Waals surface area contributed by atoms with E-state index < -0.39 is 5.97 Å². The molecule has 4 aromatic rings. The summed E-state index contributed by atoms with van der Waals surface area (Å²) in [5, 5.41) is 15.1. The molecule has 2 N–H and O–H groups in total. The van der Waals surface area contributed by atoms with Crippen molar-refractivity contribution >= 4 is 51.3 Å². The Morgan fingerprint density at radius 3 is 2.74 bits per heavy atom. The zero-order valence-corrected chi connectivity index (χ0v) is 15.0. The molecule has 0 saturated heterocycles. The number of ether oxygens (including phenoxy) is 1. The minimum Gasteiger partial charge on any atom is -0.465 e. The number of para-hydroxylation sites is 1. The van der Waals surface area contributed by atoms with Crippen LogP contribution >= 0.6 is 11.6 Å². The number of anilines is 1. The van der Waals surface area contributed by atoms with Crippen molar-refractivity contribution in [2.45, 2.75) is 0 Å². The van der Waals surface area contributed by atoms with E-state index in [1.54, 1.807) is 24.5 Å². The maximum atomic E-state index is 11.9. The second kappa shape index (κ2) is 7.05. The van der Waals surface area contributed by atoms with E-state index in [-0.39, 0.29) is 0 Å². The first kappa shape index (κ1) is 17.0. The van der Waals surface area contributed by atoms with Crippen molar-refractivity contribution in [2.75, 3.05) is 12.5 Å². The Bertz CT molecular complexity index is 1190. The number of nitrogens with zero attached hydrogens (tertiary/aromatic N) is 3. The van der Waals surface area contributed by atoms with Crippen LogP contribution < -0.4 is 5.43 Å². The lowest BCUT2D eigenvalue weighted by Crippen LogP contribution is -2.01. The Hall–Kier alpha value is -3.45. The van der Waals surface area contributed by atoms with E-state index in [2.05, 4.69) is 25.7 Å². The molecule has 4 rings (SSSR count). The van der Waals surface area contributed by atoms with Crippen LogP contribution in [0.15, 0.2) is 53.8 Å². The fraction of sp³-hybridized carbons (Fsp3) is 0.0526. The summed E-state index contributed by atoms with van der Waals surface area (Å²) in [5.41, 5.74) is 4.88. The predicted octanol–water partition coefficient (Wildman–Crippen LogP) is 4.00. The molecule has 0 radical (unpaired) electrons. The van der Waals surface area contributed by atoms with Gasteiger partial charge in [0, 0.05) is 27.9 Å². The molecule has 8 heteroatoms. The monoisotopic (exact) mass is 379 g/mol. The largest absolute Gasteiger partial charge is 0.465 e. The molecule has 0 aliphatic rings. The second-order valence-electron chi connectivity index (χ2n) is 5.72. The van der Waals surface area contributed by atoms with Crippen LogP contribution in [-0.2, 0) is 4.74 Å². The number of benzene rings is 2. The van der Waals surface area contributed by atoms with Gasteiger partial charge < -0.3 is 9.72 Å². The van der Waals surface area contributed by atoms with Crippen molar-refractivity contribution in [1.29, 1.82) is 0 Å². The van der Waals surface area contributed by atoms with E-state index in [0.29, 0.717) is 22.1 Å². The van der Waals surface area contributed by atoms with Gasteiger partial charge >= 0.3 is 5.97 Å². The summed E-state index contributed by atoms with van der Waals surface area (Å²) in [4.78, 5) is 15.0. The van der Waals surface area contributed by atoms with Gasteiger partial charge in [0.05, 0.1) is 24.4 Å². The molecule has 0 unspecified atom stereocenters. The summed E-state index contributed by atoms with van der Waals surface area (Å²) < 4.78 is 4.81. The van der Waals surface area contributed by atoms with Gasteiger partial charge in [0.15, 0.2) is 11.0 Å². The molecule has 0 aliphatic carbocycles. The molecule has 0 bridgehead atoms. The topological polar surface area (TPSA) is 92.3 Å². The molecule has 2 aromatic heterocycles. The van der Waals surface area contributed by atoms with Crippen LogP contribution in [0.5, 0.6) is 0 Å². The van der Waals surface area contributed by atoms with Crippen LogP contribution in [0.4, 0.5) is 5.82 Å². The van der Waals surface area contributed by atoms with E-state index in [4.69, 9.17) is 16.3 Å². The summed E-state index contributed by atoms with van der Waals surface area (Å²) in [7, 11) is 1.36. The van der Waals surface area contributed by atoms with Crippen LogP contribution in [0.3, 0.4) is 0 Å². The number of hydrogen-bond acceptors (Lipinski definition) is 6.